The molecule has 3 atom stereocenters. The average Bonchev–Trinajstić information content (AvgIpc) is 3.44. The van der Waals surface area contributed by atoms with E-state index in [-0.39, 0.29) is 70.6 Å². The number of carbonyl (C=O) groups excluding carboxylic acids is 2. The Kier molecular flexibility index (Phi) is 6.37. The summed E-state index contributed by atoms with van der Waals surface area (Å²) in [6.45, 7) is 6.64. The van der Waals surface area contributed by atoms with E-state index in [0.717, 1.165) is 0 Å². The SMILES string of the molecule is C=CC(=O)N1C[C@@H]2C(=O)N3C[C@@H](CN(C)C)Oc4nc5c(F)c(-c6c(F)ccc7ccoc67)c(Cl)cc5c(c43)N2C[C@H]1C. The Morgan fingerprint density at radius 2 is 1.98 bits per heavy atom. The van der Waals surface area contributed by atoms with Gasteiger partial charge in [0.2, 0.25) is 11.8 Å². The lowest BCUT2D eigenvalue weighted by molar-refractivity contribution is -0.131. The Morgan fingerprint density at radius 3 is 2.72 bits per heavy atom. The second-order valence-corrected chi connectivity index (χ2v) is 11.9. The average molecular weight is 608 g/mol. The number of likely N-dealkylation sites (N-methyl/N-ethyl adjacent to an activating group) is 1. The molecule has 1 saturated heterocycles. The maximum absolute atomic E-state index is 16.7. The number of nitrogens with zero attached hydrogens (tertiary/aromatic N) is 5. The number of aromatic nitrogens is 1. The summed E-state index contributed by atoms with van der Waals surface area (Å²) < 4.78 is 43.9. The molecule has 0 unspecified atom stereocenters. The van der Waals surface area contributed by atoms with Crippen LogP contribution in [-0.2, 0) is 9.59 Å². The summed E-state index contributed by atoms with van der Waals surface area (Å²) in [6.07, 6.45) is 2.19. The molecule has 7 rings (SSSR count). The van der Waals surface area contributed by atoms with Gasteiger partial charge in [0, 0.05) is 35.5 Å². The molecule has 0 saturated carbocycles. The molecule has 2 aromatic heterocycles. The predicted molar refractivity (Wildman–Crippen MR) is 160 cm³/mol. The summed E-state index contributed by atoms with van der Waals surface area (Å²) in [5.41, 5.74) is 0.771. The zero-order valence-corrected chi connectivity index (χ0v) is 24.5. The molecule has 12 heteroatoms. The van der Waals surface area contributed by atoms with Crippen LogP contribution in [0.25, 0.3) is 33.0 Å². The molecule has 2 aromatic carbocycles. The minimum Gasteiger partial charge on any atom is -0.470 e. The highest BCUT2D eigenvalue weighted by atomic mass is 35.5. The summed E-state index contributed by atoms with van der Waals surface area (Å²) in [5, 5.41) is 0.902. The van der Waals surface area contributed by atoms with Gasteiger partial charge in [-0.3, -0.25) is 9.59 Å². The highest BCUT2D eigenvalue weighted by Crippen LogP contribution is 2.52. The van der Waals surface area contributed by atoms with E-state index in [0.29, 0.717) is 28.7 Å². The van der Waals surface area contributed by atoms with Crippen molar-refractivity contribution in [3.63, 3.8) is 0 Å². The van der Waals surface area contributed by atoms with E-state index in [1.165, 1.54) is 18.4 Å². The van der Waals surface area contributed by atoms with Crippen LogP contribution in [0.5, 0.6) is 5.88 Å². The van der Waals surface area contributed by atoms with Crippen LogP contribution in [0.2, 0.25) is 5.02 Å². The van der Waals surface area contributed by atoms with Crippen molar-refractivity contribution in [1.82, 2.24) is 14.8 Å². The monoisotopic (exact) mass is 607 g/mol. The number of anilines is 2. The first-order chi connectivity index (χ1) is 20.6. The number of hydrogen-bond acceptors (Lipinski definition) is 7. The van der Waals surface area contributed by atoms with Crippen LogP contribution in [0, 0.1) is 11.6 Å². The summed E-state index contributed by atoms with van der Waals surface area (Å²) in [4.78, 5) is 38.4. The topological polar surface area (TPSA) is 82.4 Å². The summed E-state index contributed by atoms with van der Waals surface area (Å²) in [6, 6.07) is 4.99. The second kappa shape index (κ2) is 9.92. The third kappa shape index (κ3) is 4.09. The van der Waals surface area contributed by atoms with Crippen molar-refractivity contribution < 1.29 is 27.5 Å². The fourth-order valence-corrected chi connectivity index (χ4v) is 6.89. The molecule has 4 aromatic rings. The molecule has 3 aliphatic rings. The van der Waals surface area contributed by atoms with Crippen LogP contribution >= 0.6 is 11.6 Å². The van der Waals surface area contributed by atoms with Crippen molar-refractivity contribution in [2.45, 2.75) is 25.1 Å². The number of halogens is 3. The van der Waals surface area contributed by atoms with E-state index in [1.807, 2.05) is 30.8 Å². The molecule has 222 valence electrons. The highest BCUT2D eigenvalue weighted by molar-refractivity contribution is 6.35. The van der Waals surface area contributed by atoms with Gasteiger partial charge in [0.25, 0.3) is 5.91 Å². The van der Waals surface area contributed by atoms with Gasteiger partial charge in [-0.2, -0.15) is 0 Å². The van der Waals surface area contributed by atoms with Crippen LogP contribution in [-0.4, -0.2) is 85.1 Å². The van der Waals surface area contributed by atoms with E-state index in [2.05, 4.69) is 11.6 Å². The number of hydrogen-bond donors (Lipinski definition) is 0. The van der Waals surface area contributed by atoms with E-state index < -0.39 is 23.8 Å². The lowest BCUT2D eigenvalue weighted by Crippen LogP contribution is -2.67. The minimum atomic E-state index is -0.837. The van der Waals surface area contributed by atoms with E-state index in [9.17, 15) is 9.59 Å². The van der Waals surface area contributed by atoms with Gasteiger partial charge >= 0.3 is 0 Å². The van der Waals surface area contributed by atoms with Crippen molar-refractivity contribution in [1.29, 1.82) is 0 Å². The number of carbonyl (C=O) groups is 2. The number of furan rings is 1. The molecule has 9 nitrogen and oxygen atoms in total. The molecule has 2 amide bonds. The Hall–Kier alpha value is -4.22. The zero-order chi connectivity index (χ0) is 30.3. The number of ether oxygens (including phenoxy) is 1. The molecule has 0 radical (unpaired) electrons. The van der Waals surface area contributed by atoms with Crippen molar-refractivity contribution in [3.8, 4) is 17.0 Å². The number of rotatable bonds is 4. The first kappa shape index (κ1) is 27.6. The molecule has 43 heavy (non-hydrogen) atoms. The van der Waals surface area contributed by atoms with Crippen LogP contribution < -0.4 is 14.5 Å². The highest BCUT2D eigenvalue weighted by Gasteiger charge is 2.49. The Balaban J connectivity index is 1.49. The van der Waals surface area contributed by atoms with Gasteiger partial charge < -0.3 is 28.8 Å². The van der Waals surface area contributed by atoms with Crippen LogP contribution in [0.1, 0.15) is 6.92 Å². The molecule has 5 heterocycles. The Bertz CT molecular complexity index is 1860. The van der Waals surface area contributed by atoms with Gasteiger partial charge in [0.05, 0.1) is 35.6 Å². The van der Waals surface area contributed by atoms with Gasteiger partial charge in [-0.1, -0.05) is 18.2 Å². The lowest BCUT2D eigenvalue weighted by atomic mass is 9.95. The number of piperazine rings is 1. The quantitative estimate of drug-likeness (QED) is 0.307. The number of fused-ring (bicyclic) bond motifs is 5. The maximum Gasteiger partial charge on any atom is 0.251 e. The first-order valence-electron chi connectivity index (χ1n) is 13.9. The third-order valence-corrected chi connectivity index (χ3v) is 8.74. The fourth-order valence-electron chi connectivity index (χ4n) is 6.60. The van der Waals surface area contributed by atoms with Crippen molar-refractivity contribution >= 4 is 56.7 Å². The molecule has 1 fully saturated rings. The van der Waals surface area contributed by atoms with Gasteiger partial charge in [0.15, 0.2) is 5.82 Å². The third-order valence-electron chi connectivity index (χ3n) is 8.45. The summed E-state index contributed by atoms with van der Waals surface area (Å²) in [5.74, 6) is -1.90. The molecule has 0 aliphatic carbocycles. The van der Waals surface area contributed by atoms with E-state index in [4.69, 9.17) is 20.8 Å². The van der Waals surface area contributed by atoms with E-state index in [1.54, 1.807) is 28.0 Å². The van der Waals surface area contributed by atoms with Crippen molar-refractivity contribution in [2.24, 2.45) is 0 Å². The van der Waals surface area contributed by atoms with Gasteiger partial charge in [-0.25, -0.2) is 13.8 Å². The maximum atomic E-state index is 16.7. The summed E-state index contributed by atoms with van der Waals surface area (Å²) in [7, 11) is 3.77. The normalized spacial score (nSPS) is 21.3. The molecule has 0 N–H and O–H groups in total. The minimum absolute atomic E-state index is 0.0402. The molecule has 3 aliphatic heterocycles. The largest absolute Gasteiger partial charge is 0.470 e. The summed E-state index contributed by atoms with van der Waals surface area (Å²) >= 11 is 6.77. The number of pyridine rings is 1. The molecule has 0 spiro atoms. The van der Waals surface area contributed by atoms with Crippen LogP contribution in [0.4, 0.5) is 20.2 Å². The zero-order valence-electron chi connectivity index (χ0n) is 23.7. The molecule has 0 bridgehead atoms. The van der Waals surface area contributed by atoms with Crippen LogP contribution in [0.15, 0.2) is 47.6 Å². The first-order valence-corrected chi connectivity index (χ1v) is 14.3. The van der Waals surface area contributed by atoms with Gasteiger partial charge in [-0.15, -0.1) is 0 Å². The second-order valence-electron chi connectivity index (χ2n) is 11.5. The van der Waals surface area contributed by atoms with Gasteiger partial charge in [0.1, 0.15) is 34.8 Å². The Labute approximate surface area is 250 Å². The fraction of sp³-hybridized carbons (Fsp3) is 0.323. The van der Waals surface area contributed by atoms with Gasteiger partial charge in [-0.05, 0) is 51.4 Å². The smallest absolute Gasteiger partial charge is 0.251 e. The molecular formula is C31H28ClF2N5O4. The number of amides is 2. The predicted octanol–water partition coefficient (Wildman–Crippen LogP) is 4.84. The van der Waals surface area contributed by atoms with Crippen molar-refractivity contribution in [3.05, 3.63) is 59.8 Å². The lowest BCUT2D eigenvalue weighted by Gasteiger charge is -2.52. The standard InChI is InChI=1S/C31H28ClF2N5O4/c1-5-22(40)37-14-21-31(41)39-13-17(12-36(3)4)43-30-28(39)27(38(21)11-15(37)2)18-10-19(32)23(25(34)26(18)35-30)24-20(33)7-6-16-8-9-42-29(16)24/h5-10,15,17,21H,1,11-14H2,2-4H3/t15-,17-,21-/m1/s1. The van der Waals surface area contributed by atoms with Crippen molar-refractivity contribution in [2.75, 3.05) is 50.1 Å². The Morgan fingerprint density at radius 1 is 1.19 bits per heavy atom. The molecular weight excluding hydrogens is 580 g/mol. The number of benzene rings is 2. The van der Waals surface area contributed by atoms with Crippen LogP contribution in [0.3, 0.4) is 0 Å². The van der Waals surface area contributed by atoms with E-state index >= 15 is 8.78 Å².